The van der Waals surface area contributed by atoms with Gasteiger partial charge in [-0.2, -0.15) is 0 Å². The average molecular weight is 639 g/mol. The minimum absolute atomic E-state index is 0.00256. The van der Waals surface area contributed by atoms with Crippen molar-refractivity contribution in [2.24, 2.45) is 0 Å². The van der Waals surface area contributed by atoms with E-state index in [-0.39, 0.29) is 29.4 Å². The van der Waals surface area contributed by atoms with E-state index in [9.17, 15) is 13.5 Å². The SMILES string of the molecule is CNCc1ccc(C2(N3CC(O)CC3c3ncco3)C(=O)N(S(=O)(=O)c3ccc(OC)cc3)c3ccc(Cl)cc32)c(OC)c1. The van der Waals surface area contributed by atoms with Gasteiger partial charge in [0.1, 0.15) is 17.8 Å². The second kappa shape index (κ2) is 11.5. The monoisotopic (exact) mass is 638 g/mol. The van der Waals surface area contributed by atoms with E-state index in [4.69, 9.17) is 25.5 Å². The molecule has 0 spiro atoms. The molecular weight excluding hydrogens is 608 g/mol. The quantitative estimate of drug-likeness (QED) is 0.278. The van der Waals surface area contributed by atoms with Crippen LogP contribution in [0.1, 0.15) is 35.0 Å². The second-order valence-electron chi connectivity index (χ2n) is 10.6. The molecule has 3 unspecified atom stereocenters. The summed E-state index contributed by atoms with van der Waals surface area (Å²) >= 11 is 6.58. The van der Waals surface area contributed by atoms with Gasteiger partial charge in [0.15, 0.2) is 5.54 Å². The topological polar surface area (TPSA) is 134 Å². The van der Waals surface area contributed by atoms with E-state index in [2.05, 4.69) is 10.3 Å². The van der Waals surface area contributed by atoms with Crippen LogP contribution >= 0.6 is 11.6 Å². The summed E-state index contributed by atoms with van der Waals surface area (Å²) < 4.78 is 46.4. The third-order valence-electron chi connectivity index (χ3n) is 8.14. The van der Waals surface area contributed by atoms with Crippen LogP contribution in [0.25, 0.3) is 0 Å². The van der Waals surface area contributed by atoms with Crippen LogP contribution in [0.2, 0.25) is 5.02 Å². The number of oxazole rings is 1. The number of carbonyl (C=O) groups is 1. The number of hydrogen-bond acceptors (Lipinski definition) is 10. The molecule has 11 nitrogen and oxygen atoms in total. The number of rotatable bonds is 9. The number of aromatic nitrogens is 1. The molecule has 0 saturated carbocycles. The van der Waals surface area contributed by atoms with Crippen molar-refractivity contribution in [3.05, 3.63) is 101 Å². The molecule has 1 amide bonds. The first kappa shape index (κ1) is 30.1. The van der Waals surface area contributed by atoms with Gasteiger partial charge in [-0.05, 0) is 67.6 Å². The lowest BCUT2D eigenvalue weighted by atomic mass is 9.80. The number of fused-ring (bicyclic) bond motifs is 1. The fraction of sp³-hybridized carbons (Fsp3) is 0.290. The highest BCUT2D eigenvalue weighted by Crippen LogP contribution is 2.56. The highest BCUT2D eigenvalue weighted by molar-refractivity contribution is 7.93. The number of hydrogen-bond donors (Lipinski definition) is 2. The number of methoxy groups -OCH3 is 2. The summed E-state index contributed by atoms with van der Waals surface area (Å²) in [7, 11) is 0.320. The maximum Gasteiger partial charge on any atom is 0.271 e. The largest absolute Gasteiger partial charge is 0.497 e. The first-order valence-corrected chi connectivity index (χ1v) is 15.7. The fourth-order valence-corrected chi connectivity index (χ4v) is 7.93. The van der Waals surface area contributed by atoms with Crippen LogP contribution in [0.3, 0.4) is 0 Å². The van der Waals surface area contributed by atoms with Crippen molar-refractivity contribution in [2.45, 2.75) is 35.5 Å². The molecule has 1 aromatic heterocycles. The van der Waals surface area contributed by atoms with Gasteiger partial charge in [0, 0.05) is 29.2 Å². The van der Waals surface area contributed by atoms with Crippen molar-refractivity contribution in [3.8, 4) is 11.5 Å². The van der Waals surface area contributed by atoms with E-state index in [1.54, 1.807) is 23.1 Å². The number of benzene rings is 3. The molecule has 1 saturated heterocycles. The predicted octanol–water partition coefficient (Wildman–Crippen LogP) is 3.85. The van der Waals surface area contributed by atoms with Gasteiger partial charge >= 0.3 is 0 Å². The number of nitrogens with one attached hydrogen (secondary N) is 1. The zero-order chi connectivity index (χ0) is 31.2. The molecule has 0 bridgehead atoms. The molecule has 3 aromatic carbocycles. The molecule has 3 atom stereocenters. The summed E-state index contributed by atoms with van der Waals surface area (Å²) in [5, 5.41) is 14.4. The maximum absolute atomic E-state index is 15.3. The molecule has 6 rings (SSSR count). The van der Waals surface area contributed by atoms with Crippen LogP contribution in [-0.4, -0.2) is 63.2 Å². The van der Waals surface area contributed by atoms with Crippen molar-refractivity contribution in [3.63, 3.8) is 0 Å². The number of sulfonamides is 1. The second-order valence-corrected chi connectivity index (χ2v) is 12.8. The molecule has 2 aliphatic rings. The van der Waals surface area contributed by atoms with E-state index in [1.165, 1.54) is 63.1 Å². The Morgan fingerprint density at radius 1 is 1.09 bits per heavy atom. The Morgan fingerprint density at radius 2 is 1.86 bits per heavy atom. The Morgan fingerprint density at radius 3 is 2.52 bits per heavy atom. The van der Waals surface area contributed by atoms with Crippen LogP contribution < -0.4 is 19.1 Å². The molecule has 0 radical (unpaired) electrons. The molecular formula is C31H31ClN4O7S. The lowest BCUT2D eigenvalue weighted by molar-refractivity contribution is -0.127. The molecule has 1 fully saturated rings. The average Bonchev–Trinajstić information content (AvgIpc) is 3.74. The van der Waals surface area contributed by atoms with Crippen molar-refractivity contribution in [1.82, 2.24) is 15.2 Å². The summed E-state index contributed by atoms with van der Waals surface area (Å²) in [5.41, 5.74) is -0.110. The maximum atomic E-state index is 15.3. The summed E-state index contributed by atoms with van der Waals surface area (Å²) in [6, 6.07) is 15.2. The van der Waals surface area contributed by atoms with Gasteiger partial charge in [-0.15, -0.1) is 0 Å². The van der Waals surface area contributed by atoms with Gasteiger partial charge in [-0.3, -0.25) is 9.69 Å². The van der Waals surface area contributed by atoms with Crippen LogP contribution in [0.4, 0.5) is 5.69 Å². The molecule has 4 aromatic rings. The molecule has 230 valence electrons. The Balaban J connectivity index is 1.66. The Labute approximate surface area is 260 Å². The zero-order valence-electron chi connectivity index (χ0n) is 24.2. The lowest BCUT2D eigenvalue weighted by Crippen LogP contribution is -2.55. The highest BCUT2D eigenvalue weighted by atomic mass is 35.5. The minimum atomic E-state index is -4.46. The molecule has 44 heavy (non-hydrogen) atoms. The van der Waals surface area contributed by atoms with Crippen molar-refractivity contribution in [2.75, 3.05) is 32.1 Å². The van der Waals surface area contributed by atoms with E-state index >= 15 is 4.79 Å². The van der Waals surface area contributed by atoms with E-state index in [0.717, 1.165) is 9.87 Å². The van der Waals surface area contributed by atoms with E-state index in [0.29, 0.717) is 34.2 Å². The van der Waals surface area contributed by atoms with Crippen molar-refractivity contribution >= 4 is 33.2 Å². The number of nitrogens with zero attached hydrogens (tertiary/aromatic N) is 3. The zero-order valence-corrected chi connectivity index (χ0v) is 25.8. The molecule has 3 heterocycles. The van der Waals surface area contributed by atoms with Gasteiger partial charge in [0.25, 0.3) is 15.9 Å². The standard InChI is InChI=1S/C31H31ClN4O7S/c1-33-17-19-4-10-24(28(14-19)42-3)31(35-18-21(37)16-27(35)29-34-12-13-43-29)25-15-20(32)5-11-26(25)36(30(31)38)44(39,40)23-8-6-22(41-2)7-9-23/h4-15,21,27,33,37H,16-18H2,1-3H3. The lowest BCUT2D eigenvalue weighted by Gasteiger charge is -2.41. The van der Waals surface area contributed by atoms with Gasteiger partial charge < -0.3 is 24.3 Å². The third-order valence-corrected chi connectivity index (χ3v) is 10.1. The first-order valence-electron chi connectivity index (χ1n) is 13.9. The van der Waals surface area contributed by atoms with E-state index in [1.807, 2.05) is 13.1 Å². The molecule has 13 heteroatoms. The third kappa shape index (κ3) is 4.65. The highest BCUT2D eigenvalue weighted by Gasteiger charge is 2.63. The number of ether oxygens (including phenoxy) is 2. The summed E-state index contributed by atoms with van der Waals surface area (Å²) in [6.45, 7) is 0.530. The summed E-state index contributed by atoms with van der Waals surface area (Å²) in [6.07, 6.45) is 2.22. The number of likely N-dealkylation sites (tertiary alicyclic amines) is 1. The number of carbonyl (C=O) groups excluding carboxylic acids is 1. The van der Waals surface area contributed by atoms with E-state index < -0.39 is 33.6 Å². The number of anilines is 1. The van der Waals surface area contributed by atoms with Gasteiger partial charge in [0.2, 0.25) is 5.89 Å². The summed E-state index contributed by atoms with van der Waals surface area (Å²) in [5.74, 6) is 0.313. The number of β-amino-alcohol motifs (C(OH)–C–C–N with tert-alkyl or cyclic N) is 1. The number of halogens is 1. The number of aliphatic hydroxyl groups is 1. The Hall–Kier alpha value is -3.94. The van der Waals surface area contributed by atoms with Gasteiger partial charge in [-0.1, -0.05) is 23.7 Å². The molecule has 0 aliphatic carbocycles. The normalized spacial score (nSPS) is 21.9. The van der Waals surface area contributed by atoms with Crippen LogP contribution in [0.5, 0.6) is 11.5 Å². The number of amides is 1. The Bertz CT molecular complexity index is 1800. The van der Waals surface area contributed by atoms with Crippen LogP contribution in [0.15, 0.2) is 82.4 Å². The first-order chi connectivity index (χ1) is 21.2. The van der Waals surface area contributed by atoms with Crippen LogP contribution in [-0.2, 0) is 26.9 Å². The summed E-state index contributed by atoms with van der Waals surface area (Å²) in [4.78, 5) is 21.3. The molecule has 2 N–H and O–H groups in total. The van der Waals surface area contributed by atoms with Crippen molar-refractivity contribution < 1.29 is 32.2 Å². The molecule has 2 aliphatic heterocycles. The van der Waals surface area contributed by atoms with Crippen LogP contribution in [0, 0.1) is 0 Å². The minimum Gasteiger partial charge on any atom is -0.497 e. The number of aliphatic hydroxyl groups excluding tert-OH is 1. The fourth-order valence-electron chi connectivity index (χ4n) is 6.30. The Kier molecular flexibility index (Phi) is 7.89. The predicted molar refractivity (Wildman–Crippen MR) is 162 cm³/mol. The van der Waals surface area contributed by atoms with Gasteiger partial charge in [-0.25, -0.2) is 17.7 Å². The van der Waals surface area contributed by atoms with Gasteiger partial charge in [0.05, 0.1) is 43.1 Å². The van der Waals surface area contributed by atoms with Crippen molar-refractivity contribution in [1.29, 1.82) is 0 Å². The smallest absolute Gasteiger partial charge is 0.271 e.